The number of carbonyl (C=O) groups is 1. The molecule has 0 atom stereocenters. The van der Waals surface area contributed by atoms with Gasteiger partial charge in [-0.2, -0.15) is 0 Å². The summed E-state index contributed by atoms with van der Waals surface area (Å²) in [4.78, 5) is 15.3. The Morgan fingerprint density at radius 3 is 2.25 bits per heavy atom. The van der Waals surface area contributed by atoms with Crippen LogP contribution >= 0.6 is 0 Å². The molecule has 0 spiro atoms. The second-order valence-electron chi connectivity index (χ2n) is 4.41. The number of rotatable bonds is 0. The van der Waals surface area contributed by atoms with Gasteiger partial charge in [-0.1, -0.05) is 0 Å². The average molecular weight is 170 g/mol. The van der Waals surface area contributed by atoms with Crippen molar-refractivity contribution < 1.29 is 4.79 Å². The van der Waals surface area contributed by atoms with E-state index in [4.69, 9.17) is 0 Å². The molecule has 1 heterocycles. The molecule has 3 nitrogen and oxygen atoms in total. The summed E-state index contributed by atoms with van der Waals surface area (Å²) in [5.74, 6) is 0.233. The first-order chi connectivity index (χ1) is 5.41. The number of amides is 1. The van der Waals surface area contributed by atoms with Gasteiger partial charge in [0.15, 0.2) is 0 Å². The lowest BCUT2D eigenvalue weighted by atomic mass is 10.1. The maximum atomic E-state index is 11.3. The molecule has 0 aromatic heterocycles. The molecule has 1 saturated heterocycles. The maximum Gasteiger partial charge on any atom is 0.236 e. The van der Waals surface area contributed by atoms with Crippen LogP contribution in [0, 0.1) is 0 Å². The van der Waals surface area contributed by atoms with Gasteiger partial charge >= 0.3 is 0 Å². The minimum Gasteiger partial charge on any atom is -0.343 e. The molecule has 3 heteroatoms. The Labute approximate surface area is 74.3 Å². The first-order valence-electron chi connectivity index (χ1n) is 4.40. The highest BCUT2D eigenvalue weighted by Crippen LogP contribution is 2.15. The molecule has 0 aliphatic carbocycles. The van der Waals surface area contributed by atoms with Gasteiger partial charge in [0.2, 0.25) is 5.91 Å². The Morgan fingerprint density at radius 1 is 1.25 bits per heavy atom. The van der Waals surface area contributed by atoms with Crippen molar-refractivity contribution in [2.45, 2.75) is 26.3 Å². The summed E-state index contributed by atoms with van der Waals surface area (Å²) in [5.41, 5.74) is 0.122. The second kappa shape index (κ2) is 3.05. The van der Waals surface area contributed by atoms with E-state index in [1.165, 1.54) is 0 Å². The van der Waals surface area contributed by atoms with Crippen LogP contribution in [0.25, 0.3) is 0 Å². The van der Waals surface area contributed by atoms with E-state index in [1.54, 1.807) is 4.90 Å². The predicted octanol–water partition coefficient (Wildman–Crippen LogP) is 0.559. The van der Waals surface area contributed by atoms with Crippen LogP contribution in [0.15, 0.2) is 0 Å². The third kappa shape index (κ3) is 1.97. The molecular weight excluding hydrogens is 152 g/mol. The lowest BCUT2D eigenvalue weighted by molar-refractivity contribution is -0.136. The molecule has 12 heavy (non-hydrogen) atoms. The molecule has 70 valence electrons. The molecule has 0 aromatic carbocycles. The summed E-state index contributed by atoms with van der Waals surface area (Å²) >= 11 is 0. The van der Waals surface area contributed by atoms with E-state index in [-0.39, 0.29) is 11.4 Å². The fraction of sp³-hybridized carbons (Fsp3) is 0.889. The van der Waals surface area contributed by atoms with Gasteiger partial charge in [0.05, 0.1) is 6.54 Å². The lowest BCUT2D eigenvalue weighted by Crippen LogP contribution is -2.55. The number of hydrogen-bond acceptors (Lipinski definition) is 2. The van der Waals surface area contributed by atoms with Crippen LogP contribution in [0.1, 0.15) is 20.8 Å². The molecule has 0 radical (unpaired) electrons. The summed E-state index contributed by atoms with van der Waals surface area (Å²) in [5, 5.41) is 0. The molecule has 0 saturated carbocycles. The van der Waals surface area contributed by atoms with Crippen LogP contribution in [0.3, 0.4) is 0 Å². The standard InChI is InChI=1S/C9H18N2O/c1-9(2,3)11-6-5-10(4)8(12)7-11/h5-7H2,1-4H3. The van der Waals surface area contributed by atoms with Gasteiger partial charge in [0.25, 0.3) is 0 Å². The molecule has 1 rings (SSSR count). The quantitative estimate of drug-likeness (QED) is 0.530. The van der Waals surface area contributed by atoms with Crippen molar-refractivity contribution >= 4 is 5.91 Å². The Bertz CT molecular complexity index is 183. The zero-order chi connectivity index (χ0) is 9.35. The van der Waals surface area contributed by atoms with Crippen molar-refractivity contribution in [1.29, 1.82) is 0 Å². The number of hydrogen-bond donors (Lipinski definition) is 0. The molecule has 1 amide bonds. The Morgan fingerprint density at radius 2 is 1.83 bits per heavy atom. The highest BCUT2D eigenvalue weighted by Gasteiger charge is 2.28. The van der Waals surface area contributed by atoms with Crippen LogP contribution in [0.5, 0.6) is 0 Å². The highest BCUT2D eigenvalue weighted by atomic mass is 16.2. The first-order valence-corrected chi connectivity index (χ1v) is 4.40. The van der Waals surface area contributed by atoms with E-state index in [0.717, 1.165) is 13.1 Å². The normalized spacial score (nSPS) is 21.7. The minimum absolute atomic E-state index is 0.122. The molecule has 0 bridgehead atoms. The highest BCUT2D eigenvalue weighted by molar-refractivity contribution is 5.78. The molecule has 1 fully saturated rings. The van der Waals surface area contributed by atoms with Gasteiger partial charge in [-0.3, -0.25) is 9.69 Å². The van der Waals surface area contributed by atoms with Gasteiger partial charge < -0.3 is 4.90 Å². The van der Waals surface area contributed by atoms with Gasteiger partial charge in [-0.25, -0.2) is 0 Å². The van der Waals surface area contributed by atoms with Crippen LogP contribution in [0.4, 0.5) is 0 Å². The molecule has 1 aliphatic heterocycles. The van der Waals surface area contributed by atoms with Gasteiger partial charge in [0, 0.05) is 25.7 Å². The lowest BCUT2D eigenvalue weighted by Gasteiger charge is -2.40. The zero-order valence-electron chi connectivity index (χ0n) is 8.42. The van der Waals surface area contributed by atoms with E-state index in [1.807, 2.05) is 7.05 Å². The molecule has 1 aliphatic rings. The van der Waals surface area contributed by atoms with Crippen LogP contribution in [0.2, 0.25) is 0 Å². The van der Waals surface area contributed by atoms with Crippen LogP contribution < -0.4 is 0 Å². The third-order valence-corrected chi connectivity index (χ3v) is 2.41. The summed E-state index contributed by atoms with van der Waals surface area (Å²) in [7, 11) is 1.86. The number of piperazine rings is 1. The van der Waals surface area contributed by atoms with Crippen molar-refractivity contribution in [2.75, 3.05) is 26.7 Å². The van der Waals surface area contributed by atoms with E-state index in [9.17, 15) is 4.79 Å². The Balaban J connectivity index is 2.57. The zero-order valence-corrected chi connectivity index (χ0v) is 8.42. The predicted molar refractivity (Wildman–Crippen MR) is 49.0 cm³/mol. The van der Waals surface area contributed by atoms with E-state index in [2.05, 4.69) is 25.7 Å². The van der Waals surface area contributed by atoms with E-state index < -0.39 is 0 Å². The topological polar surface area (TPSA) is 23.6 Å². The molecule has 0 N–H and O–H groups in total. The first kappa shape index (κ1) is 9.52. The van der Waals surface area contributed by atoms with E-state index in [0.29, 0.717) is 6.54 Å². The number of nitrogens with zero attached hydrogens (tertiary/aromatic N) is 2. The molecule has 0 unspecified atom stereocenters. The number of likely N-dealkylation sites (N-methyl/N-ethyl adjacent to an activating group) is 1. The largest absolute Gasteiger partial charge is 0.343 e. The van der Waals surface area contributed by atoms with Gasteiger partial charge in [-0.05, 0) is 20.8 Å². The maximum absolute atomic E-state index is 11.3. The molecular formula is C9H18N2O. The number of carbonyl (C=O) groups excluding carboxylic acids is 1. The van der Waals surface area contributed by atoms with Crippen molar-refractivity contribution in [3.8, 4) is 0 Å². The van der Waals surface area contributed by atoms with Crippen molar-refractivity contribution in [2.24, 2.45) is 0 Å². The van der Waals surface area contributed by atoms with Crippen molar-refractivity contribution in [3.63, 3.8) is 0 Å². The van der Waals surface area contributed by atoms with Crippen LogP contribution in [-0.2, 0) is 4.79 Å². The Hall–Kier alpha value is -0.570. The smallest absolute Gasteiger partial charge is 0.236 e. The van der Waals surface area contributed by atoms with Crippen molar-refractivity contribution in [1.82, 2.24) is 9.80 Å². The summed E-state index contributed by atoms with van der Waals surface area (Å²) in [6.45, 7) is 8.85. The third-order valence-electron chi connectivity index (χ3n) is 2.41. The fourth-order valence-corrected chi connectivity index (χ4v) is 1.33. The van der Waals surface area contributed by atoms with Gasteiger partial charge in [0.1, 0.15) is 0 Å². The summed E-state index contributed by atoms with van der Waals surface area (Å²) in [6.07, 6.45) is 0. The van der Waals surface area contributed by atoms with Crippen molar-refractivity contribution in [3.05, 3.63) is 0 Å². The van der Waals surface area contributed by atoms with E-state index >= 15 is 0 Å². The average Bonchev–Trinajstić information content (AvgIpc) is 1.92. The summed E-state index contributed by atoms with van der Waals surface area (Å²) in [6, 6.07) is 0. The van der Waals surface area contributed by atoms with Gasteiger partial charge in [-0.15, -0.1) is 0 Å². The minimum atomic E-state index is 0.122. The summed E-state index contributed by atoms with van der Waals surface area (Å²) < 4.78 is 0. The second-order valence-corrected chi connectivity index (χ2v) is 4.41. The fourth-order valence-electron chi connectivity index (χ4n) is 1.33. The van der Waals surface area contributed by atoms with Crippen LogP contribution in [-0.4, -0.2) is 47.9 Å². The molecule has 0 aromatic rings. The SMILES string of the molecule is CN1CCN(C(C)(C)C)CC1=O. The Kier molecular flexibility index (Phi) is 2.42. The monoisotopic (exact) mass is 170 g/mol.